The number of carbonyl (C=O) groups excluding carboxylic acids is 1. The molecule has 1 amide bonds. The SMILES string of the molecule is CNS(=O)(=O)c1ccc2nc(NC(=O)C3CCCCC3)sc2c1. The Hall–Kier alpha value is -1.51. The van der Waals surface area contributed by atoms with Crippen LogP contribution in [0.1, 0.15) is 32.1 Å². The largest absolute Gasteiger partial charge is 0.302 e. The van der Waals surface area contributed by atoms with Crippen LogP contribution in [-0.4, -0.2) is 26.4 Å². The van der Waals surface area contributed by atoms with Gasteiger partial charge in [-0.1, -0.05) is 30.6 Å². The zero-order chi connectivity index (χ0) is 16.4. The molecule has 0 radical (unpaired) electrons. The maximum absolute atomic E-state index is 12.3. The second-order valence-corrected chi connectivity index (χ2v) is 8.60. The standard InChI is InChI=1S/C15H19N3O3S2/c1-16-23(20,21)11-7-8-12-13(9-11)22-15(17-12)18-14(19)10-5-3-2-4-6-10/h7-10,16H,2-6H2,1H3,(H,17,18,19). The molecule has 1 aliphatic rings. The van der Waals surface area contributed by atoms with Crippen LogP contribution in [0.5, 0.6) is 0 Å². The van der Waals surface area contributed by atoms with Crippen LogP contribution in [-0.2, 0) is 14.8 Å². The number of amides is 1. The number of hydrogen-bond acceptors (Lipinski definition) is 5. The normalized spacial score (nSPS) is 16.6. The molecular weight excluding hydrogens is 334 g/mol. The third-order valence-electron chi connectivity index (χ3n) is 4.15. The fraction of sp³-hybridized carbons (Fsp3) is 0.467. The number of rotatable bonds is 4. The lowest BCUT2D eigenvalue weighted by molar-refractivity contribution is -0.120. The lowest BCUT2D eigenvalue weighted by Crippen LogP contribution is -2.24. The Kier molecular flexibility index (Phi) is 4.65. The molecule has 0 bridgehead atoms. The molecule has 1 aliphatic carbocycles. The average Bonchev–Trinajstić information content (AvgIpc) is 2.96. The fourth-order valence-corrected chi connectivity index (χ4v) is 4.55. The summed E-state index contributed by atoms with van der Waals surface area (Å²) in [6.07, 6.45) is 5.27. The molecule has 1 aromatic heterocycles. The lowest BCUT2D eigenvalue weighted by atomic mass is 9.89. The predicted octanol–water partition coefficient (Wildman–Crippen LogP) is 2.72. The minimum Gasteiger partial charge on any atom is -0.302 e. The van der Waals surface area contributed by atoms with E-state index in [2.05, 4.69) is 15.0 Å². The van der Waals surface area contributed by atoms with Gasteiger partial charge < -0.3 is 5.32 Å². The van der Waals surface area contributed by atoms with Crippen LogP contribution in [0.2, 0.25) is 0 Å². The van der Waals surface area contributed by atoms with Gasteiger partial charge in [-0.15, -0.1) is 0 Å². The Morgan fingerprint density at radius 3 is 2.70 bits per heavy atom. The summed E-state index contributed by atoms with van der Waals surface area (Å²) in [4.78, 5) is 16.8. The third kappa shape index (κ3) is 3.54. The van der Waals surface area contributed by atoms with Crippen LogP contribution >= 0.6 is 11.3 Å². The quantitative estimate of drug-likeness (QED) is 0.884. The molecule has 2 aromatic rings. The van der Waals surface area contributed by atoms with Crippen LogP contribution in [0.25, 0.3) is 10.2 Å². The Bertz CT molecular complexity index is 824. The number of aromatic nitrogens is 1. The topological polar surface area (TPSA) is 88.2 Å². The van der Waals surface area contributed by atoms with E-state index in [1.54, 1.807) is 12.1 Å². The first-order valence-electron chi connectivity index (χ1n) is 7.64. The van der Waals surface area contributed by atoms with E-state index >= 15 is 0 Å². The summed E-state index contributed by atoms with van der Waals surface area (Å²) < 4.78 is 26.7. The second kappa shape index (κ2) is 6.54. The third-order valence-corrected chi connectivity index (χ3v) is 6.49. The molecule has 0 spiro atoms. The van der Waals surface area contributed by atoms with E-state index < -0.39 is 10.0 Å². The molecule has 0 saturated heterocycles. The Morgan fingerprint density at radius 1 is 1.26 bits per heavy atom. The molecule has 1 heterocycles. The Labute approximate surface area is 139 Å². The van der Waals surface area contributed by atoms with E-state index in [9.17, 15) is 13.2 Å². The van der Waals surface area contributed by atoms with Crippen molar-refractivity contribution in [3.63, 3.8) is 0 Å². The van der Waals surface area contributed by atoms with Gasteiger partial charge in [-0.05, 0) is 38.1 Å². The summed E-state index contributed by atoms with van der Waals surface area (Å²) in [5, 5.41) is 3.40. The Morgan fingerprint density at radius 2 is 2.00 bits per heavy atom. The lowest BCUT2D eigenvalue weighted by Gasteiger charge is -2.19. The smallest absolute Gasteiger partial charge is 0.240 e. The molecule has 8 heteroatoms. The number of benzene rings is 1. The molecule has 1 aromatic carbocycles. The predicted molar refractivity (Wildman–Crippen MR) is 91.1 cm³/mol. The van der Waals surface area contributed by atoms with E-state index in [4.69, 9.17) is 0 Å². The van der Waals surface area contributed by atoms with Gasteiger partial charge in [0.1, 0.15) is 0 Å². The summed E-state index contributed by atoms with van der Waals surface area (Å²) in [6.45, 7) is 0. The van der Waals surface area contributed by atoms with Crippen molar-refractivity contribution in [2.75, 3.05) is 12.4 Å². The van der Waals surface area contributed by atoms with Gasteiger partial charge in [-0.25, -0.2) is 18.1 Å². The number of nitrogens with one attached hydrogen (secondary N) is 2. The minimum atomic E-state index is -3.48. The van der Waals surface area contributed by atoms with Crippen LogP contribution in [0, 0.1) is 5.92 Å². The van der Waals surface area contributed by atoms with E-state index in [1.807, 2.05) is 0 Å². The summed E-state index contributed by atoms with van der Waals surface area (Å²) in [5.74, 6) is 0.0859. The van der Waals surface area contributed by atoms with Crippen molar-refractivity contribution in [3.8, 4) is 0 Å². The molecule has 1 fully saturated rings. The maximum Gasteiger partial charge on any atom is 0.240 e. The van der Waals surface area contributed by atoms with Crippen molar-refractivity contribution in [2.45, 2.75) is 37.0 Å². The summed E-state index contributed by atoms with van der Waals surface area (Å²) >= 11 is 1.30. The van der Waals surface area contributed by atoms with Crippen molar-refractivity contribution >= 4 is 42.6 Å². The molecule has 0 unspecified atom stereocenters. The van der Waals surface area contributed by atoms with E-state index in [0.29, 0.717) is 10.6 Å². The van der Waals surface area contributed by atoms with Crippen LogP contribution < -0.4 is 10.0 Å². The van der Waals surface area contributed by atoms with Crippen LogP contribution in [0.4, 0.5) is 5.13 Å². The van der Waals surface area contributed by atoms with Crippen molar-refractivity contribution in [1.29, 1.82) is 0 Å². The highest BCUT2D eigenvalue weighted by atomic mass is 32.2. The number of thiazole rings is 1. The number of anilines is 1. The first-order chi connectivity index (χ1) is 11.0. The maximum atomic E-state index is 12.3. The highest BCUT2D eigenvalue weighted by Crippen LogP contribution is 2.30. The van der Waals surface area contributed by atoms with Gasteiger partial charge in [0.2, 0.25) is 15.9 Å². The molecule has 2 N–H and O–H groups in total. The average molecular weight is 353 g/mol. The number of carbonyl (C=O) groups is 1. The number of hydrogen-bond donors (Lipinski definition) is 2. The number of sulfonamides is 1. The van der Waals surface area contributed by atoms with Gasteiger partial charge >= 0.3 is 0 Å². The molecular formula is C15H19N3O3S2. The molecule has 1 saturated carbocycles. The summed E-state index contributed by atoms with van der Waals surface area (Å²) in [5.41, 5.74) is 0.684. The van der Waals surface area contributed by atoms with Crippen molar-refractivity contribution in [1.82, 2.24) is 9.71 Å². The highest BCUT2D eigenvalue weighted by molar-refractivity contribution is 7.89. The number of fused-ring (bicyclic) bond motifs is 1. The van der Waals surface area contributed by atoms with E-state index in [1.165, 1.54) is 30.9 Å². The summed E-state index contributed by atoms with van der Waals surface area (Å²) in [6, 6.07) is 4.75. The zero-order valence-electron chi connectivity index (χ0n) is 12.8. The Balaban J connectivity index is 1.81. The van der Waals surface area contributed by atoms with Crippen molar-refractivity contribution in [3.05, 3.63) is 18.2 Å². The molecule has 6 nitrogen and oxygen atoms in total. The van der Waals surface area contributed by atoms with E-state index in [-0.39, 0.29) is 16.7 Å². The first kappa shape index (κ1) is 16.4. The van der Waals surface area contributed by atoms with Gasteiger partial charge in [-0.3, -0.25) is 4.79 Å². The summed E-state index contributed by atoms with van der Waals surface area (Å²) in [7, 11) is -2.10. The molecule has 0 atom stereocenters. The first-order valence-corrected chi connectivity index (χ1v) is 9.94. The van der Waals surface area contributed by atoms with Gasteiger partial charge in [0.25, 0.3) is 0 Å². The molecule has 124 valence electrons. The highest BCUT2D eigenvalue weighted by Gasteiger charge is 2.22. The fourth-order valence-electron chi connectivity index (χ4n) is 2.82. The van der Waals surface area contributed by atoms with E-state index in [0.717, 1.165) is 30.4 Å². The number of nitrogens with zero attached hydrogens (tertiary/aromatic N) is 1. The molecule has 3 rings (SSSR count). The monoisotopic (exact) mass is 353 g/mol. The second-order valence-electron chi connectivity index (χ2n) is 5.68. The molecule has 23 heavy (non-hydrogen) atoms. The zero-order valence-corrected chi connectivity index (χ0v) is 14.5. The van der Waals surface area contributed by atoms with Crippen molar-refractivity contribution < 1.29 is 13.2 Å². The van der Waals surface area contributed by atoms with Gasteiger partial charge in [0, 0.05) is 5.92 Å². The van der Waals surface area contributed by atoms with Crippen molar-refractivity contribution in [2.24, 2.45) is 5.92 Å². The van der Waals surface area contributed by atoms with Gasteiger partial charge in [0.05, 0.1) is 15.1 Å². The minimum absolute atomic E-state index is 0.0202. The molecule has 0 aliphatic heterocycles. The van der Waals surface area contributed by atoms with Crippen LogP contribution in [0.15, 0.2) is 23.1 Å². The van der Waals surface area contributed by atoms with Gasteiger partial charge in [0.15, 0.2) is 5.13 Å². The van der Waals surface area contributed by atoms with Gasteiger partial charge in [-0.2, -0.15) is 0 Å². The van der Waals surface area contributed by atoms with Crippen LogP contribution in [0.3, 0.4) is 0 Å².